The number of rotatable bonds is 5. The summed E-state index contributed by atoms with van der Waals surface area (Å²) in [6, 6.07) is 7.86. The molecule has 7 heteroatoms. The lowest BCUT2D eigenvalue weighted by molar-refractivity contribution is -0.126. The van der Waals surface area contributed by atoms with Crippen molar-refractivity contribution in [2.45, 2.75) is 19.4 Å². The fraction of sp³-hybridized carbons (Fsp3) is 0.556. The second kappa shape index (κ2) is 8.29. The fourth-order valence-electron chi connectivity index (χ4n) is 3.33. The molecule has 0 radical (unpaired) electrons. The monoisotopic (exact) mass is 409 g/mol. The summed E-state index contributed by atoms with van der Waals surface area (Å²) in [5.74, 6) is -0.340. The molecule has 2 saturated heterocycles. The molecule has 0 spiro atoms. The van der Waals surface area contributed by atoms with Crippen LogP contribution in [0.2, 0.25) is 0 Å². The lowest BCUT2D eigenvalue weighted by Gasteiger charge is -2.32. The number of para-hydroxylation sites is 1. The number of benzene rings is 1. The van der Waals surface area contributed by atoms with Crippen LogP contribution >= 0.6 is 15.9 Å². The molecule has 0 aliphatic carbocycles. The highest BCUT2D eigenvalue weighted by molar-refractivity contribution is 9.10. The maximum absolute atomic E-state index is 12.5. The molecule has 1 aromatic rings. The summed E-state index contributed by atoms with van der Waals surface area (Å²) >= 11 is 3.47. The minimum absolute atomic E-state index is 0.00622. The predicted octanol–water partition coefficient (Wildman–Crippen LogP) is 1.64. The number of anilines is 1. The molecule has 136 valence electrons. The van der Waals surface area contributed by atoms with Gasteiger partial charge in [0.05, 0.1) is 24.8 Å². The Hall–Kier alpha value is -1.44. The third-order valence-corrected chi connectivity index (χ3v) is 5.55. The first kappa shape index (κ1) is 18.4. The van der Waals surface area contributed by atoms with Gasteiger partial charge >= 0.3 is 0 Å². The molecular weight excluding hydrogens is 386 g/mol. The van der Waals surface area contributed by atoms with E-state index in [4.69, 9.17) is 4.74 Å². The van der Waals surface area contributed by atoms with Crippen LogP contribution in [-0.4, -0.2) is 62.1 Å². The lowest BCUT2D eigenvalue weighted by Crippen LogP contribution is -2.48. The SMILES string of the molecule is CC(CNC(=O)C1CC(=O)N(c2ccccc2Br)C1)N1CCOCC1. The number of nitrogens with one attached hydrogen (secondary N) is 1. The summed E-state index contributed by atoms with van der Waals surface area (Å²) < 4.78 is 6.22. The van der Waals surface area contributed by atoms with E-state index < -0.39 is 0 Å². The van der Waals surface area contributed by atoms with E-state index in [1.807, 2.05) is 24.3 Å². The van der Waals surface area contributed by atoms with Gasteiger partial charge in [0.1, 0.15) is 0 Å². The van der Waals surface area contributed by atoms with Gasteiger partial charge in [-0.25, -0.2) is 0 Å². The van der Waals surface area contributed by atoms with Gasteiger partial charge in [-0.15, -0.1) is 0 Å². The molecule has 1 aromatic carbocycles. The van der Waals surface area contributed by atoms with Crippen molar-refractivity contribution in [3.8, 4) is 0 Å². The number of amides is 2. The van der Waals surface area contributed by atoms with Crippen LogP contribution in [0.5, 0.6) is 0 Å². The van der Waals surface area contributed by atoms with Gasteiger partial charge in [0.2, 0.25) is 11.8 Å². The number of nitrogens with zero attached hydrogens (tertiary/aromatic N) is 2. The zero-order valence-electron chi connectivity index (χ0n) is 14.4. The molecule has 2 heterocycles. The Morgan fingerprint density at radius 2 is 2.08 bits per heavy atom. The number of hydrogen-bond acceptors (Lipinski definition) is 4. The standard InChI is InChI=1S/C18H24BrN3O3/c1-13(21-6-8-25-9-7-21)11-20-18(24)14-10-17(23)22(12-14)16-5-3-2-4-15(16)19/h2-5,13-14H,6-12H2,1H3,(H,20,24). The number of carbonyl (C=O) groups is 2. The van der Waals surface area contributed by atoms with Crippen molar-refractivity contribution >= 4 is 33.4 Å². The van der Waals surface area contributed by atoms with Crippen LogP contribution in [0, 0.1) is 5.92 Å². The van der Waals surface area contributed by atoms with Gasteiger partial charge in [0.25, 0.3) is 0 Å². The van der Waals surface area contributed by atoms with Crippen LogP contribution in [0.3, 0.4) is 0 Å². The van der Waals surface area contributed by atoms with Crippen LogP contribution in [-0.2, 0) is 14.3 Å². The molecule has 2 fully saturated rings. The highest BCUT2D eigenvalue weighted by atomic mass is 79.9. The minimum atomic E-state index is -0.295. The van der Waals surface area contributed by atoms with E-state index in [9.17, 15) is 9.59 Å². The Labute approximate surface area is 156 Å². The fourth-order valence-corrected chi connectivity index (χ4v) is 3.83. The van der Waals surface area contributed by atoms with Crippen molar-refractivity contribution in [1.82, 2.24) is 10.2 Å². The molecule has 1 N–H and O–H groups in total. The second-order valence-electron chi connectivity index (χ2n) is 6.60. The van der Waals surface area contributed by atoms with Gasteiger partial charge in [-0.05, 0) is 35.0 Å². The van der Waals surface area contributed by atoms with Crippen LogP contribution < -0.4 is 10.2 Å². The van der Waals surface area contributed by atoms with E-state index in [0.717, 1.165) is 36.5 Å². The van der Waals surface area contributed by atoms with Crippen LogP contribution in [0.4, 0.5) is 5.69 Å². The van der Waals surface area contributed by atoms with Crippen molar-refractivity contribution in [1.29, 1.82) is 0 Å². The molecule has 2 atom stereocenters. The Bertz CT molecular complexity index is 634. The number of morpholine rings is 1. The zero-order valence-corrected chi connectivity index (χ0v) is 16.0. The lowest BCUT2D eigenvalue weighted by atomic mass is 10.1. The molecule has 2 amide bonds. The summed E-state index contributed by atoms with van der Waals surface area (Å²) in [4.78, 5) is 28.8. The highest BCUT2D eigenvalue weighted by Crippen LogP contribution is 2.31. The summed E-state index contributed by atoms with van der Waals surface area (Å²) in [5.41, 5.74) is 0.824. The predicted molar refractivity (Wildman–Crippen MR) is 99.5 cm³/mol. The van der Waals surface area contributed by atoms with Gasteiger partial charge in [-0.2, -0.15) is 0 Å². The Balaban J connectivity index is 1.53. The average molecular weight is 410 g/mol. The van der Waals surface area contributed by atoms with Gasteiger partial charge in [-0.3, -0.25) is 14.5 Å². The van der Waals surface area contributed by atoms with Gasteiger partial charge in [-0.1, -0.05) is 12.1 Å². The first-order valence-corrected chi connectivity index (χ1v) is 9.50. The summed E-state index contributed by atoms with van der Waals surface area (Å²) in [6.45, 7) is 6.42. The Morgan fingerprint density at radius 1 is 1.36 bits per heavy atom. The summed E-state index contributed by atoms with van der Waals surface area (Å²) in [7, 11) is 0. The Kier molecular flexibility index (Phi) is 6.09. The van der Waals surface area contributed by atoms with Crippen molar-refractivity contribution in [2.24, 2.45) is 5.92 Å². The number of carbonyl (C=O) groups excluding carboxylic acids is 2. The maximum atomic E-state index is 12.5. The average Bonchev–Trinajstić information content (AvgIpc) is 3.02. The first-order chi connectivity index (χ1) is 12.1. The number of hydrogen-bond donors (Lipinski definition) is 1. The van der Waals surface area contributed by atoms with Crippen molar-refractivity contribution in [2.75, 3.05) is 44.3 Å². The maximum Gasteiger partial charge on any atom is 0.227 e. The van der Waals surface area contributed by atoms with E-state index in [1.165, 1.54) is 0 Å². The Morgan fingerprint density at radius 3 is 2.80 bits per heavy atom. The summed E-state index contributed by atoms with van der Waals surface area (Å²) in [6.07, 6.45) is 0.263. The van der Waals surface area contributed by atoms with Crippen LogP contribution in [0.25, 0.3) is 0 Å². The normalized spacial score (nSPS) is 22.9. The third-order valence-electron chi connectivity index (χ3n) is 4.88. The molecule has 2 aliphatic heterocycles. The van der Waals surface area contributed by atoms with Crippen LogP contribution in [0.1, 0.15) is 13.3 Å². The van der Waals surface area contributed by atoms with E-state index in [0.29, 0.717) is 13.1 Å². The molecule has 0 aromatic heterocycles. The molecule has 6 nitrogen and oxygen atoms in total. The smallest absolute Gasteiger partial charge is 0.227 e. The van der Waals surface area contributed by atoms with Crippen molar-refractivity contribution in [3.63, 3.8) is 0 Å². The largest absolute Gasteiger partial charge is 0.379 e. The minimum Gasteiger partial charge on any atom is -0.379 e. The van der Waals surface area contributed by atoms with Crippen molar-refractivity contribution in [3.05, 3.63) is 28.7 Å². The van der Waals surface area contributed by atoms with E-state index in [-0.39, 0.29) is 30.2 Å². The third kappa shape index (κ3) is 4.40. The number of ether oxygens (including phenoxy) is 1. The molecule has 0 saturated carbocycles. The van der Waals surface area contributed by atoms with Gasteiger partial charge in [0, 0.05) is 43.1 Å². The zero-order chi connectivity index (χ0) is 17.8. The molecule has 3 rings (SSSR count). The first-order valence-electron chi connectivity index (χ1n) is 8.70. The van der Waals surface area contributed by atoms with Crippen molar-refractivity contribution < 1.29 is 14.3 Å². The molecule has 2 unspecified atom stereocenters. The van der Waals surface area contributed by atoms with E-state index >= 15 is 0 Å². The van der Waals surface area contributed by atoms with Gasteiger partial charge in [0.15, 0.2) is 0 Å². The van der Waals surface area contributed by atoms with E-state index in [2.05, 4.69) is 33.1 Å². The molecule has 2 aliphatic rings. The molecule has 25 heavy (non-hydrogen) atoms. The highest BCUT2D eigenvalue weighted by Gasteiger charge is 2.35. The number of halogens is 1. The topological polar surface area (TPSA) is 61.9 Å². The summed E-state index contributed by atoms with van der Waals surface area (Å²) in [5, 5.41) is 3.02. The molecule has 0 bridgehead atoms. The molecular formula is C18H24BrN3O3. The quantitative estimate of drug-likeness (QED) is 0.802. The van der Waals surface area contributed by atoms with Crippen LogP contribution in [0.15, 0.2) is 28.7 Å². The van der Waals surface area contributed by atoms with Gasteiger partial charge < -0.3 is 15.0 Å². The van der Waals surface area contributed by atoms with E-state index in [1.54, 1.807) is 4.90 Å². The second-order valence-corrected chi connectivity index (χ2v) is 7.45.